The van der Waals surface area contributed by atoms with Crippen molar-refractivity contribution in [1.29, 1.82) is 0 Å². The van der Waals surface area contributed by atoms with Crippen LogP contribution in [0.4, 0.5) is 5.69 Å². The molecule has 0 bridgehead atoms. The molecule has 5 heteroatoms. The summed E-state index contributed by atoms with van der Waals surface area (Å²) in [7, 11) is 0. The number of β-lactam (4-membered cyclic amide) rings is 1. The zero-order valence-corrected chi connectivity index (χ0v) is 12.8. The van der Waals surface area contributed by atoms with Gasteiger partial charge in [0.25, 0.3) is 0 Å². The van der Waals surface area contributed by atoms with Gasteiger partial charge in [-0.05, 0) is 42.0 Å². The number of benzene rings is 2. The van der Waals surface area contributed by atoms with Gasteiger partial charge in [0.05, 0.1) is 6.04 Å². The van der Waals surface area contributed by atoms with Crippen molar-refractivity contribution in [3.63, 3.8) is 0 Å². The standard InChI is InChI=1S/C15H12BrClN2O/c16-10-3-7-12(8-4-10)19-14(13(18)15(19)20)9-1-5-11(17)6-2-9/h1-8,13-14H,18H2. The van der Waals surface area contributed by atoms with Crippen molar-refractivity contribution >= 4 is 39.1 Å². The van der Waals surface area contributed by atoms with Crippen LogP contribution in [0.1, 0.15) is 11.6 Å². The maximum atomic E-state index is 12.1. The van der Waals surface area contributed by atoms with Crippen LogP contribution in [0.25, 0.3) is 0 Å². The number of halogens is 2. The summed E-state index contributed by atoms with van der Waals surface area (Å²) in [6, 6.07) is 14.4. The molecule has 2 unspecified atom stereocenters. The topological polar surface area (TPSA) is 46.3 Å². The van der Waals surface area contributed by atoms with Crippen LogP contribution in [-0.2, 0) is 4.79 Å². The average molecular weight is 352 g/mol. The van der Waals surface area contributed by atoms with E-state index in [2.05, 4.69) is 15.9 Å². The fourth-order valence-corrected chi connectivity index (χ4v) is 2.81. The van der Waals surface area contributed by atoms with Gasteiger partial charge in [-0.3, -0.25) is 4.79 Å². The Morgan fingerprint density at radius 2 is 1.65 bits per heavy atom. The monoisotopic (exact) mass is 350 g/mol. The highest BCUT2D eigenvalue weighted by atomic mass is 79.9. The Balaban J connectivity index is 1.95. The number of amides is 1. The number of nitrogens with two attached hydrogens (primary N) is 1. The molecule has 2 N–H and O–H groups in total. The molecule has 1 aliphatic heterocycles. The summed E-state index contributed by atoms with van der Waals surface area (Å²) >= 11 is 9.28. The van der Waals surface area contributed by atoms with Gasteiger partial charge in [-0.1, -0.05) is 39.7 Å². The molecule has 3 nitrogen and oxygen atoms in total. The summed E-state index contributed by atoms with van der Waals surface area (Å²) in [6.45, 7) is 0. The van der Waals surface area contributed by atoms with Crippen molar-refractivity contribution in [3.8, 4) is 0 Å². The summed E-state index contributed by atoms with van der Waals surface area (Å²) < 4.78 is 0.974. The van der Waals surface area contributed by atoms with Gasteiger partial charge in [0, 0.05) is 15.2 Å². The maximum Gasteiger partial charge on any atom is 0.247 e. The molecule has 0 aromatic heterocycles. The first-order chi connectivity index (χ1) is 9.58. The highest BCUT2D eigenvalue weighted by molar-refractivity contribution is 9.10. The Bertz CT molecular complexity index is 642. The summed E-state index contributed by atoms with van der Waals surface area (Å²) in [5, 5.41) is 0.670. The minimum atomic E-state index is -0.500. The van der Waals surface area contributed by atoms with E-state index in [-0.39, 0.29) is 11.9 Å². The van der Waals surface area contributed by atoms with E-state index in [1.807, 2.05) is 48.5 Å². The number of rotatable bonds is 2. The predicted octanol–water partition coefficient (Wildman–Crippen LogP) is 3.52. The van der Waals surface area contributed by atoms with E-state index in [0.29, 0.717) is 5.02 Å². The molecule has 1 aliphatic rings. The van der Waals surface area contributed by atoms with E-state index in [0.717, 1.165) is 15.7 Å². The van der Waals surface area contributed by atoms with Gasteiger partial charge in [-0.15, -0.1) is 0 Å². The van der Waals surface area contributed by atoms with Crippen LogP contribution >= 0.6 is 27.5 Å². The summed E-state index contributed by atoms with van der Waals surface area (Å²) in [5.74, 6) is -0.0627. The second-order valence-electron chi connectivity index (χ2n) is 4.71. The summed E-state index contributed by atoms with van der Waals surface area (Å²) in [6.07, 6.45) is 0. The minimum Gasteiger partial charge on any atom is -0.318 e. The van der Waals surface area contributed by atoms with Crippen molar-refractivity contribution < 1.29 is 4.79 Å². The Hall–Kier alpha value is -1.36. The zero-order valence-electron chi connectivity index (χ0n) is 10.5. The molecular formula is C15H12BrClN2O. The third-order valence-corrected chi connectivity index (χ3v) is 4.24. The molecule has 0 aliphatic carbocycles. The van der Waals surface area contributed by atoms with Crippen molar-refractivity contribution in [2.24, 2.45) is 5.73 Å². The van der Waals surface area contributed by atoms with E-state index in [4.69, 9.17) is 17.3 Å². The van der Waals surface area contributed by atoms with Crippen LogP contribution in [0.3, 0.4) is 0 Å². The first-order valence-corrected chi connectivity index (χ1v) is 7.35. The van der Waals surface area contributed by atoms with Crippen molar-refractivity contribution in [2.75, 3.05) is 4.90 Å². The van der Waals surface area contributed by atoms with Gasteiger partial charge in [-0.25, -0.2) is 0 Å². The first-order valence-electron chi connectivity index (χ1n) is 6.17. The lowest BCUT2D eigenvalue weighted by atomic mass is 9.88. The Morgan fingerprint density at radius 3 is 2.25 bits per heavy atom. The number of anilines is 1. The molecule has 102 valence electrons. The normalized spacial score (nSPS) is 21.8. The molecule has 2 aromatic carbocycles. The highest BCUT2D eigenvalue weighted by Crippen LogP contribution is 2.38. The number of carbonyl (C=O) groups is 1. The lowest BCUT2D eigenvalue weighted by Gasteiger charge is -2.45. The predicted molar refractivity (Wildman–Crippen MR) is 83.8 cm³/mol. The van der Waals surface area contributed by atoms with Gasteiger partial charge >= 0.3 is 0 Å². The number of carbonyl (C=O) groups excluding carboxylic acids is 1. The first kappa shape index (κ1) is 13.6. The van der Waals surface area contributed by atoms with Gasteiger partial charge < -0.3 is 10.6 Å². The maximum absolute atomic E-state index is 12.1. The second-order valence-corrected chi connectivity index (χ2v) is 6.06. The third kappa shape index (κ3) is 2.24. The van der Waals surface area contributed by atoms with Crippen molar-refractivity contribution in [2.45, 2.75) is 12.1 Å². The van der Waals surface area contributed by atoms with Gasteiger partial charge in [-0.2, -0.15) is 0 Å². The molecule has 0 saturated carbocycles. The smallest absolute Gasteiger partial charge is 0.247 e. The van der Waals surface area contributed by atoms with Crippen LogP contribution in [0.2, 0.25) is 5.02 Å². The molecule has 1 heterocycles. The molecule has 0 radical (unpaired) electrons. The Labute approximate surface area is 130 Å². The largest absolute Gasteiger partial charge is 0.318 e. The number of nitrogens with zero attached hydrogens (tertiary/aromatic N) is 1. The van der Waals surface area contributed by atoms with Crippen molar-refractivity contribution in [3.05, 3.63) is 63.6 Å². The molecular weight excluding hydrogens is 340 g/mol. The van der Waals surface area contributed by atoms with E-state index in [1.165, 1.54) is 0 Å². The van der Waals surface area contributed by atoms with Crippen LogP contribution in [-0.4, -0.2) is 11.9 Å². The van der Waals surface area contributed by atoms with E-state index >= 15 is 0 Å². The molecule has 1 amide bonds. The molecule has 3 rings (SSSR count). The molecule has 1 fully saturated rings. The van der Waals surface area contributed by atoms with Gasteiger partial charge in [0.1, 0.15) is 6.04 Å². The van der Waals surface area contributed by atoms with E-state index < -0.39 is 6.04 Å². The highest BCUT2D eigenvalue weighted by Gasteiger charge is 2.46. The molecule has 2 atom stereocenters. The molecule has 1 saturated heterocycles. The summed E-state index contributed by atoms with van der Waals surface area (Å²) in [4.78, 5) is 13.8. The van der Waals surface area contributed by atoms with Gasteiger partial charge in [0.2, 0.25) is 5.91 Å². The second kappa shape index (κ2) is 5.20. The number of hydrogen-bond acceptors (Lipinski definition) is 2. The zero-order chi connectivity index (χ0) is 14.3. The Morgan fingerprint density at radius 1 is 1.05 bits per heavy atom. The number of hydrogen-bond donors (Lipinski definition) is 1. The lowest BCUT2D eigenvalue weighted by Crippen LogP contribution is -2.63. The SMILES string of the molecule is NC1C(=O)N(c2ccc(Br)cc2)C1c1ccc(Cl)cc1. The van der Waals surface area contributed by atoms with Crippen LogP contribution in [0.5, 0.6) is 0 Å². The van der Waals surface area contributed by atoms with Crippen LogP contribution < -0.4 is 10.6 Å². The van der Waals surface area contributed by atoms with Crippen LogP contribution in [0.15, 0.2) is 53.0 Å². The molecule has 2 aromatic rings. The molecule has 0 spiro atoms. The quantitative estimate of drug-likeness (QED) is 0.842. The Kier molecular flexibility index (Phi) is 3.54. The fourth-order valence-electron chi connectivity index (χ4n) is 2.42. The molecule has 20 heavy (non-hydrogen) atoms. The fraction of sp³-hybridized carbons (Fsp3) is 0.133. The average Bonchev–Trinajstić information content (AvgIpc) is 2.46. The van der Waals surface area contributed by atoms with Crippen LogP contribution in [0, 0.1) is 0 Å². The van der Waals surface area contributed by atoms with E-state index in [9.17, 15) is 4.79 Å². The third-order valence-electron chi connectivity index (χ3n) is 3.46. The minimum absolute atomic E-state index is 0.0627. The van der Waals surface area contributed by atoms with E-state index in [1.54, 1.807) is 4.90 Å². The van der Waals surface area contributed by atoms with Crippen molar-refractivity contribution in [1.82, 2.24) is 0 Å². The lowest BCUT2D eigenvalue weighted by molar-refractivity contribution is -0.126. The summed E-state index contributed by atoms with van der Waals surface area (Å²) in [5.41, 5.74) is 7.80. The van der Waals surface area contributed by atoms with Gasteiger partial charge in [0.15, 0.2) is 0 Å².